The molecule has 1 aliphatic rings. The van der Waals surface area contributed by atoms with Gasteiger partial charge in [-0.05, 0) is 18.1 Å². The fourth-order valence-electron chi connectivity index (χ4n) is 2.05. The highest BCUT2D eigenvalue weighted by atomic mass is 16.5. The first-order valence-corrected chi connectivity index (χ1v) is 6.19. The molecule has 1 amide bonds. The molecular formula is C13H14N4O2. The van der Waals surface area contributed by atoms with Crippen LogP contribution in [0.5, 0.6) is 5.75 Å². The van der Waals surface area contributed by atoms with Crippen LogP contribution in [0.3, 0.4) is 0 Å². The number of rotatable bonds is 4. The molecule has 0 atom stereocenters. The van der Waals surface area contributed by atoms with Crippen molar-refractivity contribution in [2.75, 3.05) is 11.9 Å². The average Bonchev–Trinajstić information content (AvgIpc) is 2.91. The second-order valence-electron chi connectivity index (χ2n) is 4.37. The van der Waals surface area contributed by atoms with Gasteiger partial charge in [-0.3, -0.25) is 4.79 Å². The van der Waals surface area contributed by atoms with Crippen LogP contribution in [-0.4, -0.2) is 27.3 Å². The predicted octanol–water partition coefficient (Wildman–Crippen LogP) is 1.24. The number of anilines is 1. The summed E-state index contributed by atoms with van der Waals surface area (Å²) >= 11 is 0. The molecule has 0 saturated carbocycles. The monoisotopic (exact) mass is 258 g/mol. The molecule has 19 heavy (non-hydrogen) atoms. The van der Waals surface area contributed by atoms with Crippen LogP contribution >= 0.6 is 0 Å². The van der Waals surface area contributed by atoms with E-state index in [0.29, 0.717) is 19.6 Å². The van der Waals surface area contributed by atoms with Crippen molar-refractivity contribution in [1.29, 1.82) is 0 Å². The number of fused-ring (bicyclic) bond motifs is 1. The first-order valence-electron chi connectivity index (χ1n) is 6.19. The largest absolute Gasteiger partial charge is 0.492 e. The quantitative estimate of drug-likeness (QED) is 0.895. The van der Waals surface area contributed by atoms with Crippen LogP contribution < -0.4 is 10.1 Å². The number of carbonyl (C=O) groups excluding carboxylic acids is 1. The second kappa shape index (κ2) is 5.09. The van der Waals surface area contributed by atoms with E-state index in [9.17, 15) is 4.79 Å². The van der Waals surface area contributed by atoms with E-state index < -0.39 is 0 Å². The fourth-order valence-corrected chi connectivity index (χ4v) is 2.05. The van der Waals surface area contributed by atoms with Gasteiger partial charge in [-0.2, -0.15) is 5.10 Å². The smallest absolute Gasteiger partial charge is 0.224 e. The van der Waals surface area contributed by atoms with E-state index in [2.05, 4.69) is 15.4 Å². The second-order valence-corrected chi connectivity index (χ2v) is 4.37. The van der Waals surface area contributed by atoms with Gasteiger partial charge in [0, 0.05) is 18.2 Å². The van der Waals surface area contributed by atoms with E-state index in [-0.39, 0.29) is 5.91 Å². The van der Waals surface area contributed by atoms with E-state index in [1.165, 1.54) is 6.33 Å². The Morgan fingerprint density at radius 1 is 1.37 bits per heavy atom. The number of aromatic nitrogens is 3. The molecule has 1 aromatic heterocycles. The minimum Gasteiger partial charge on any atom is -0.492 e. The molecule has 1 aliphatic heterocycles. The van der Waals surface area contributed by atoms with E-state index >= 15 is 0 Å². The maximum atomic E-state index is 11.3. The Hall–Kier alpha value is -2.37. The molecule has 0 saturated heterocycles. The molecule has 0 aliphatic carbocycles. The zero-order valence-electron chi connectivity index (χ0n) is 10.4. The van der Waals surface area contributed by atoms with Crippen molar-refractivity contribution in [2.45, 2.75) is 19.4 Å². The van der Waals surface area contributed by atoms with E-state index in [1.54, 1.807) is 11.0 Å². The lowest BCUT2D eigenvalue weighted by atomic mass is 10.0. The van der Waals surface area contributed by atoms with Crippen LogP contribution in [-0.2, 0) is 17.8 Å². The predicted molar refractivity (Wildman–Crippen MR) is 68.9 cm³/mol. The maximum Gasteiger partial charge on any atom is 0.224 e. The summed E-state index contributed by atoms with van der Waals surface area (Å²) in [7, 11) is 0. The Morgan fingerprint density at radius 3 is 3.16 bits per heavy atom. The Morgan fingerprint density at radius 2 is 2.32 bits per heavy atom. The summed E-state index contributed by atoms with van der Waals surface area (Å²) < 4.78 is 7.35. The van der Waals surface area contributed by atoms with Crippen LogP contribution in [0.15, 0.2) is 30.9 Å². The summed E-state index contributed by atoms with van der Waals surface area (Å²) in [4.78, 5) is 15.2. The maximum absolute atomic E-state index is 11.3. The molecule has 6 nitrogen and oxygen atoms in total. The standard InChI is InChI=1S/C13H14N4O2/c18-13-4-2-10-1-3-11(7-12(10)16-13)19-6-5-17-9-14-8-15-17/h1,3,7-9H,2,4-6H2,(H,16,18). The highest BCUT2D eigenvalue weighted by Crippen LogP contribution is 2.26. The third-order valence-corrected chi connectivity index (χ3v) is 3.03. The third-order valence-electron chi connectivity index (χ3n) is 3.03. The molecule has 0 unspecified atom stereocenters. The number of amides is 1. The number of nitrogens with zero attached hydrogens (tertiary/aromatic N) is 3. The number of aryl methyl sites for hydroxylation is 1. The Bertz CT molecular complexity index is 580. The summed E-state index contributed by atoms with van der Waals surface area (Å²) in [6.07, 6.45) is 4.49. The van der Waals surface area contributed by atoms with Gasteiger partial charge in [0.05, 0.1) is 6.54 Å². The van der Waals surface area contributed by atoms with Crippen molar-refractivity contribution in [3.8, 4) is 5.75 Å². The van der Waals surface area contributed by atoms with Crippen molar-refractivity contribution in [3.63, 3.8) is 0 Å². The lowest BCUT2D eigenvalue weighted by Crippen LogP contribution is -2.19. The molecule has 98 valence electrons. The van der Waals surface area contributed by atoms with Crippen molar-refractivity contribution in [2.24, 2.45) is 0 Å². The van der Waals surface area contributed by atoms with Gasteiger partial charge in [0.25, 0.3) is 0 Å². The highest BCUT2D eigenvalue weighted by molar-refractivity contribution is 5.94. The molecule has 0 fully saturated rings. The summed E-state index contributed by atoms with van der Waals surface area (Å²) in [6.45, 7) is 1.15. The number of nitrogens with one attached hydrogen (secondary N) is 1. The minimum atomic E-state index is 0.0623. The minimum absolute atomic E-state index is 0.0623. The SMILES string of the molecule is O=C1CCc2ccc(OCCn3cncn3)cc2N1. The van der Waals surface area contributed by atoms with Crippen molar-refractivity contribution < 1.29 is 9.53 Å². The lowest BCUT2D eigenvalue weighted by molar-refractivity contribution is -0.116. The highest BCUT2D eigenvalue weighted by Gasteiger charge is 2.14. The Balaban J connectivity index is 1.62. The Labute approximate surface area is 110 Å². The van der Waals surface area contributed by atoms with Gasteiger partial charge < -0.3 is 10.1 Å². The van der Waals surface area contributed by atoms with Crippen molar-refractivity contribution in [1.82, 2.24) is 14.8 Å². The van der Waals surface area contributed by atoms with Crippen LogP contribution in [0.25, 0.3) is 0 Å². The zero-order valence-corrected chi connectivity index (χ0v) is 10.4. The van der Waals surface area contributed by atoms with Gasteiger partial charge >= 0.3 is 0 Å². The van der Waals surface area contributed by atoms with Gasteiger partial charge in [-0.1, -0.05) is 6.07 Å². The molecule has 0 bridgehead atoms. The third kappa shape index (κ3) is 2.73. The van der Waals surface area contributed by atoms with E-state index in [0.717, 1.165) is 23.4 Å². The van der Waals surface area contributed by atoms with Gasteiger partial charge in [-0.25, -0.2) is 9.67 Å². The molecule has 0 spiro atoms. The molecule has 0 radical (unpaired) electrons. The van der Waals surface area contributed by atoms with E-state index in [4.69, 9.17) is 4.74 Å². The average molecular weight is 258 g/mol. The molecule has 2 aromatic rings. The van der Waals surface area contributed by atoms with Crippen LogP contribution in [0.4, 0.5) is 5.69 Å². The summed E-state index contributed by atoms with van der Waals surface area (Å²) in [5, 5.41) is 6.85. The molecule has 1 aromatic carbocycles. The lowest BCUT2D eigenvalue weighted by Gasteiger charge is -2.17. The number of benzene rings is 1. The summed E-state index contributed by atoms with van der Waals surface area (Å²) in [6, 6.07) is 5.80. The van der Waals surface area contributed by atoms with Crippen LogP contribution in [0, 0.1) is 0 Å². The number of ether oxygens (including phenoxy) is 1. The summed E-state index contributed by atoms with van der Waals surface area (Å²) in [5.74, 6) is 0.813. The fraction of sp³-hybridized carbons (Fsp3) is 0.308. The zero-order chi connectivity index (χ0) is 13.1. The first kappa shape index (κ1) is 11.7. The number of hydrogen-bond donors (Lipinski definition) is 1. The molecule has 6 heteroatoms. The van der Waals surface area contributed by atoms with Gasteiger partial charge in [0.15, 0.2) is 0 Å². The Kier molecular flexibility index (Phi) is 3.14. The molecular weight excluding hydrogens is 244 g/mol. The molecule has 1 N–H and O–H groups in total. The van der Waals surface area contributed by atoms with Crippen molar-refractivity contribution >= 4 is 11.6 Å². The van der Waals surface area contributed by atoms with Gasteiger partial charge in [-0.15, -0.1) is 0 Å². The molecule has 3 rings (SSSR count). The first-order chi connectivity index (χ1) is 9.31. The van der Waals surface area contributed by atoms with Crippen LogP contribution in [0.1, 0.15) is 12.0 Å². The van der Waals surface area contributed by atoms with Crippen LogP contribution in [0.2, 0.25) is 0 Å². The summed E-state index contributed by atoms with van der Waals surface area (Å²) in [5.41, 5.74) is 2.01. The van der Waals surface area contributed by atoms with Gasteiger partial charge in [0.1, 0.15) is 25.0 Å². The van der Waals surface area contributed by atoms with E-state index in [1.807, 2.05) is 18.2 Å². The number of hydrogen-bond acceptors (Lipinski definition) is 4. The topological polar surface area (TPSA) is 69.0 Å². The normalized spacial score (nSPS) is 13.8. The molecule has 2 heterocycles. The number of carbonyl (C=O) groups is 1. The van der Waals surface area contributed by atoms with Crippen molar-refractivity contribution in [3.05, 3.63) is 36.4 Å². The van der Waals surface area contributed by atoms with Gasteiger partial charge in [0.2, 0.25) is 5.91 Å².